The third kappa shape index (κ3) is 2.29. The number of hydrogen-bond acceptors (Lipinski definition) is 2. The third-order valence-electron chi connectivity index (χ3n) is 2.49. The molecule has 0 N–H and O–H groups in total. The second-order valence-corrected chi connectivity index (χ2v) is 5.43. The number of ether oxygens (including phenoxy) is 1. The van der Waals surface area contributed by atoms with Crippen molar-refractivity contribution in [1.29, 1.82) is 0 Å². The van der Waals surface area contributed by atoms with E-state index in [2.05, 4.69) is 6.92 Å². The van der Waals surface area contributed by atoms with Crippen LogP contribution >= 0.6 is 0 Å². The molecule has 1 rings (SSSR count). The highest BCUT2D eigenvalue weighted by atomic mass is 28.2. The summed E-state index contributed by atoms with van der Waals surface area (Å²) in [6, 6.07) is 0. The van der Waals surface area contributed by atoms with Crippen LogP contribution in [-0.2, 0) is 9.16 Å². The molecule has 0 saturated carbocycles. The van der Waals surface area contributed by atoms with E-state index in [0.717, 1.165) is 13.0 Å². The van der Waals surface area contributed by atoms with E-state index in [4.69, 9.17) is 9.16 Å². The first-order valence-corrected chi connectivity index (χ1v) is 5.74. The lowest BCUT2D eigenvalue weighted by Gasteiger charge is -2.35. The molecule has 0 radical (unpaired) electrons. The summed E-state index contributed by atoms with van der Waals surface area (Å²) in [5.41, 5.74) is 0. The topological polar surface area (TPSA) is 18.5 Å². The highest BCUT2D eigenvalue weighted by molar-refractivity contribution is 6.31. The van der Waals surface area contributed by atoms with Gasteiger partial charge in [0.2, 0.25) is 0 Å². The van der Waals surface area contributed by atoms with Crippen LogP contribution in [0.2, 0.25) is 0 Å². The van der Waals surface area contributed by atoms with Crippen molar-refractivity contribution >= 4 is 9.76 Å². The Kier molecular flexibility index (Phi) is 3.55. The van der Waals surface area contributed by atoms with Gasteiger partial charge in [-0.15, -0.1) is 0 Å². The van der Waals surface area contributed by atoms with Crippen molar-refractivity contribution in [3.8, 4) is 0 Å². The van der Waals surface area contributed by atoms with Crippen LogP contribution in [0.15, 0.2) is 0 Å². The monoisotopic (exact) mass is 174 g/mol. The van der Waals surface area contributed by atoms with E-state index < -0.39 is 9.76 Å². The molecule has 1 aliphatic rings. The fraction of sp³-hybridized carbons (Fsp3) is 1.00. The highest BCUT2D eigenvalue weighted by Gasteiger charge is 2.31. The van der Waals surface area contributed by atoms with E-state index in [-0.39, 0.29) is 5.22 Å². The Hall–Kier alpha value is 0.137. The predicted molar refractivity (Wildman–Crippen MR) is 48.4 cm³/mol. The third-order valence-corrected chi connectivity index (χ3v) is 4.36. The first kappa shape index (κ1) is 9.23. The van der Waals surface area contributed by atoms with Gasteiger partial charge in [0.05, 0.1) is 5.22 Å². The summed E-state index contributed by atoms with van der Waals surface area (Å²) < 4.78 is 11.1. The molecule has 1 saturated heterocycles. The summed E-state index contributed by atoms with van der Waals surface area (Å²) in [4.78, 5) is 0. The summed E-state index contributed by atoms with van der Waals surface area (Å²) >= 11 is 0. The SMILES string of the molecule is CCC1([SiH2]OC)CCCCO1. The molecule has 0 amide bonds. The first-order valence-electron chi connectivity index (χ1n) is 4.46. The molecule has 1 heterocycles. The highest BCUT2D eigenvalue weighted by Crippen LogP contribution is 2.26. The summed E-state index contributed by atoms with van der Waals surface area (Å²) in [7, 11) is 1.35. The Bertz CT molecular complexity index is 105. The van der Waals surface area contributed by atoms with Gasteiger partial charge >= 0.3 is 0 Å². The Labute approximate surface area is 71.2 Å². The van der Waals surface area contributed by atoms with E-state index in [1.54, 1.807) is 0 Å². The average Bonchev–Trinajstić information content (AvgIpc) is 2.07. The van der Waals surface area contributed by atoms with Gasteiger partial charge in [-0.1, -0.05) is 6.92 Å². The van der Waals surface area contributed by atoms with Gasteiger partial charge in [-0.05, 0) is 25.7 Å². The lowest BCUT2D eigenvalue weighted by molar-refractivity contribution is -0.0301. The molecule has 0 aliphatic carbocycles. The van der Waals surface area contributed by atoms with Crippen LogP contribution in [0.5, 0.6) is 0 Å². The molecule has 1 fully saturated rings. The van der Waals surface area contributed by atoms with Gasteiger partial charge in [-0.25, -0.2) is 0 Å². The maximum absolute atomic E-state index is 5.79. The molecule has 3 heteroatoms. The van der Waals surface area contributed by atoms with Crippen LogP contribution in [0.25, 0.3) is 0 Å². The molecule has 66 valence electrons. The van der Waals surface area contributed by atoms with Crippen molar-refractivity contribution in [2.75, 3.05) is 13.7 Å². The minimum absolute atomic E-state index is 0.188. The van der Waals surface area contributed by atoms with Crippen molar-refractivity contribution in [2.24, 2.45) is 0 Å². The minimum atomic E-state index is -0.453. The molecule has 2 nitrogen and oxygen atoms in total. The standard InChI is InChI=1S/C8H18O2Si/c1-3-8(11-9-2)6-4-5-7-10-8/h3-7,11H2,1-2H3. The molecule has 0 aromatic rings. The molecule has 1 aliphatic heterocycles. The molecular weight excluding hydrogens is 156 g/mol. The second kappa shape index (κ2) is 4.23. The van der Waals surface area contributed by atoms with Crippen molar-refractivity contribution < 1.29 is 9.16 Å². The largest absolute Gasteiger partial charge is 0.424 e. The lowest BCUT2D eigenvalue weighted by atomic mass is 10.1. The minimum Gasteiger partial charge on any atom is -0.424 e. The molecule has 0 aromatic heterocycles. The quantitative estimate of drug-likeness (QED) is 0.595. The maximum atomic E-state index is 5.79. The van der Waals surface area contributed by atoms with E-state index >= 15 is 0 Å². The number of rotatable bonds is 3. The Morgan fingerprint density at radius 2 is 2.36 bits per heavy atom. The van der Waals surface area contributed by atoms with E-state index in [9.17, 15) is 0 Å². The Balaban J connectivity index is 2.42. The van der Waals surface area contributed by atoms with E-state index in [1.807, 2.05) is 7.11 Å². The zero-order valence-corrected chi connectivity index (χ0v) is 8.97. The van der Waals surface area contributed by atoms with Gasteiger partial charge in [0.25, 0.3) is 0 Å². The van der Waals surface area contributed by atoms with Crippen LogP contribution in [0, 0.1) is 0 Å². The average molecular weight is 174 g/mol. The van der Waals surface area contributed by atoms with Gasteiger partial charge in [0.1, 0.15) is 0 Å². The van der Waals surface area contributed by atoms with Crippen molar-refractivity contribution in [2.45, 2.75) is 37.8 Å². The lowest BCUT2D eigenvalue weighted by Crippen LogP contribution is -2.42. The van der Waals surface area contributed by atoms with E-state index in [0.29, 0.717) is 0 Å². The maximum Gasteiger partial charge on any atom is 0.193 e. The van der Waals surface area contributed by atoms with Crippen molar-refractivity contribution in [3.05, 3.63) is 0 Å². The fourth-order valence-electron chi connectivity index (χ4n) is 1.67. The summed E-state index contributed by atoms with van der Waals surface area (Å²) in [5, 5.41) is 0.188. The van der Waals surface area contributed by atoms with Gasteiger partial charge < -0.3 is 9.16 Å². The summed E-state index contributed by atoms with van der Waals surface area (Å²) in [6.45, 7) is 3.15. The zero-order valence-electron chi connectivity index (χ0n) is 7.56. The smallest absolute Gasteiger partial charge is 0.193 e. The Morgan fingerprint density at radius 3 is 2.82 bits per heavy atom. The van der Waals surface area contributed by atoms with Gasteiger partial charge in [0.15, 0.2) is 9.76 Å². The Morgan fingerprint density at radius 1 is 1.55 bits per heavy atom. The van der Waals surface area contributed by atoms with Crippen molar-refractivity contribution in [3.63, 3.8) is 0 Å². The normalized spacial score (nSPS) is 33.3. The van der Waals surface area contributed by atoms with Gasteiger partial charge in [-0.3, -0.25) is 0 Å². The van der Waals surface area contributed by atoms with Crippen LogP contribution in [-0.4, -0.2) is 28.7 Å². The molecule has 0 spiro atoms. The number of hydrogen-bond donors (Lipinski definition) is 0. The second-order valence-electron chi connectivity index (χ2n) is 3.28. The molecular formula is C8H18O2Si. The van der Waals surface area contributed by atoms with Crippen LogP contribution in [0.3, 0.4) is 0 Å². The molecule has 0 bridgehead atoms. The first-order chi connectivity index (χ1) is 5.33. The molecule has 0 aromatic carbocycles. The van der Waals surface area contributed by atoms with Crippen molar-refractivity contribution in [1.82, 2.24) is 0 Å². The zero-order chi connectivity index (χ0) is 8.16. The molecule has 1 atom stereocenters. The summed E-state index contributed by atoms with van der Waals surface area (Å²) in [5.74, 6) is 0. The van der Waals surface area contributed by atoms with Crippen LogP contribution < -0.4 is 0 Å². The predicted octanol–water partition coefficient (Wildman–Crippen LogP) is 1.02. The fourth-order valence-corrected chi connectivity index (χ4v) is 3.02. The molecule has 11 heavy (non-hydrogen) atoms. The summed E-state index contributed by atoms with van der Waals surface area (Å²) in [6.07, 6.45) is 4.92. The van der Waals surface area contributed by atoms with Crippen LogP contribution in [0.1, 0.15) is 32.6 Å². The van der Waals surface area contributed by atoms with Gasteiger partial charge in [-0.2, -0.15) is 0 Å². The molecule has 1 unspecified atom stereocenters. The van der Waals surface area contributed by atoms with Gasteiger partial charge in [0, 0.05) is 13.7 Å². The van der Waals surface area contributed by atoms with E-state index in [1.165, 1.54) is 19.3 Å². The van der Waals surface area contributed by atoms with Crippen LogP contribution in [0.4, 0.5) is 0 Å².